The highest BCUT2D eigenvalue weighted by atomic mass is 15.0. The van der Waals surface area contributed by atoms with Crippen LogP contribution >= 0.6 is 0 Å². The number of nitrogens with two attached hydrogens (primary N) is 1. The Labute approximate surface area is 72.8 Å². The maximum absolute atomic E-state index is 5.84. The van der Waals surface area contributed by atoms with Gasteiger partial charge in [0.2, 0.25) is 0 Å². The Hall–Kier alpha value is -0.860. The maximum Gasteiger partial charge on any atom is 0.0587 e. The van der Waals surface area contributed by atoms with Crippen LogP contribution in [0.2, 0.25) is 0 Å². The summed E-state index contributed by atoms with van der Waals surface area (Å²) in [5.41, 5.74) is 8.68. The minimum absolute atomic E-state index is 0.133. The van der Waals surface area contributed by atoms with E-state index in [1.54, 1.807) is 0 Å². The van der Waals surface area contributed by atoms with E-state index < -0.39 is 0 Å². The van der Waals surface area contributed by atoms with Crippen molar-refractivity contribution in [3.8, 4) is 0 Å². The molecule has 2 nitrogen and oxygen atoms in total. The summed E-state index contributed by atoms with van der Waals surface area (Å²) in [5.74, 6) is 0. The third kappa shape index (κ3) is 1.49. The molecule has 0 radical (unpaired) electrons. The van der Waals surface area contributed by atoms with Gasteiger partial charge in [0.15, 0.2) is 0 Å². The molecule has 0 unspecified atom stereocenters. The van der Waals surface area contributed by atoms with E-state index >= 15 is 0 Å². The molecule has 0 spiro atoms. The molecule has 1 atom stereocenters. The van der Waals surface area contributed by atoms with Crippen molar-refractivity contribution in [1.29, 1.82) is 0 Å². The molecule has 1 heterocycles. The molecule has 1 aromatic rings. The Morgan fingerprint density at radius 2 is 2.00 bits per heavy atom. The Kier molecular flexibility index (Phi) is 2.11. The summed E-state index contributed by atoms with van der Waals surface area (Å²) in [5, 5.41) is 3.27. The summed E-state index contributed by atoms with van der Waals surface area (Å²) in [6.45, 7) is 0.998. The molecule has 2 heteroatoms. The summed E-state index contributed by atoms with van der Waals surface area (Å²) >= 11 is 0. The number of nitrogens with one attached hydrogen (secondary N) is 1. The molecule has 1 aromatic carbocycles. The summed E-state index contributed by atoms with van der Waals surface area (Å²) in [4.78, 5) is 0. The van der Waals surface area contributed by atoms with Gasteiger partial charge in [-0.1, -0.05) is 24.3 Å². The second kappa shape index (κ2) is 3.25. The van der Waals surface area contributed by atoms with Crippen molar-refractivity contribution in [2.75, 3.05) is 6.54 Å². The largest absolute Gasteiger partial charge is 0.316 e. The first-order chi connectivity index (χ1) is 5.86. The highest BCUT2D eigenvalue weighted by Crippen LogP contribution is 2.12. The van der Waals surface area contributed by atoms with Gasteiger partial charge in [-0.05, 0) is 17.5 Å². The van der Waals surface area contributed by atoms with Crippen LogP contribution in [0, 0.1) is 0 Å². The fraction of sp³-hybridized carbons (Fsp3) is 0.400. The zero-order valence-electron chi connectivity index (χ0n) is 7.09. The molecule has 0 bridgehead atoms. The molecule has 2 rings (SSSR count). The SMILES string of the molecule is N[C@@H]1Cc2ccccc2CCN1. The summed E-state index contributed by atoms with van der Waals surface area (Å²) < 4.78 is 0. The lowest BCUT2D eigenvalue weighted by molar-refractivity contribution is 0.545. The first-order valence-electron chi connectivity index (χ1n) is 4.42. The Bertz CT molecular complexity index is 270. The van der Waals surface area contributed by atoms with Crippen LogP contribution in [0.1, 0.15) is 11.1 Å². The standard InChI is InChI=1S/C10H14N2/c11-10-7-9-4-2-1-3-8(9)5-6-12-10/h1-4,10,12H,5-7,11H2/t10-/m0/s1. The molecule has 1 aliphatic heterocycles. The first kappa shape index (κ1) is 7.77. The lowest BCUT2D eigenvalue weighted by Crippen LogP contribution is -2.38. The van der Waals surface area contributed by atoms with Crippen LogP contribution in [0.5, 0.6) is 0 Å². The Morgan fingerprint density at radius 1 is 1.25 bits per heavy atom. The van der Waals surface area contributed by atoms with Crippen LogP contribution in [0.4, 0.5) is 0 Å². The molecule has 3 N–H and O–H groups in total. The van der Waals surface area contributed by atoms with E-state index in [0.29, 0.717) is 0 Å². The molecule has 1 aliphatic rings. The molecule has 0 saturated heterocycles. The van der Waals surface area contributed by atoms with E-state index in [-0.39, 0.29) is 6.17 Å². The topological polar surface area (TPSA) is 38.0 Å². The van der Waals surface area contributed by atoms with Gasteiger partial charge >= 0.3 is 0 Å². The average Bonchev–Trinajstić information content (AvgIpc) is 2.25. The van der Waals surface area contributed by atoms with Crippen LogP contribution < -0.4 is 11.1 Å². The van der Waals surface area contributed by atoms with Gasteiger partial charge in [-0.3, -0.25) is 0 Å². The van der Waals surface area contributed by atoms with Crippen LogP contribution in [-0.2, 0) is 12.8 Å². The minimum atomic E-state index is 0.133. The van der Waals surface area contributed by atoms with E-state index in [1.165, 1.54) is 11.1 Å². The van der Waals surface area contributed by atoms with E-state index in [9.17, 15) is 0 Å². The Morgan fingerprint density at radius 3 is 2.83 bits per heavy atom. The van der Waals surface area contributed by atoms with Gasteiger partial charge < -0.3 is 11.1 Å². The molecule has 12 heavy (non-hydrogen) atoms. The van der Waals surface area contributed by atoms with Gasteiger partial charge in [-0.2, -0.15) is 0 Å². The van der Waals surface area contributed by atoms with E-state index in [2.05, 4.69) is 29.6 Å². The van der Waals surface area contributed by atoms with Gasteiger partial charge in [0.25, 0.3) is 0 Å². The quantitative estimate of drug-likeness (QED) is 0.588. The first-order valence-corrected chi connectivity index (χ1v) is 4.42. The molecular formula is C10H14N2. The van der Waals surface area contributed by atoms with Crippen LogP contribution in [0.15, 0.2) is 24.3 Å². The maximum atomic E-state index is 5.84. The molecule has 0 aromatic heterocycles. The van der Waals surface area contributed by atoms with Gasteiger partial charge in [0.05, 0.1) is 6.17 Å². The summed E-state index contributed by atoms with van der Waals surface area (Å²) in [7, 11) is 0. The number of rotatable bonds is 0. The van der Waals surface area contributed by atoms with Crippen molar-refractivity contribution in [1.82, 2.24) is 5.32 Å². The van der Waals surface area contributed by atoms with Gasteiger partial charge in [-0.15, -0.1) is 0 Å². The van der Waals surface area contributed by atoms with Crippen molar-refractivity contribution < 1.29 is 0 Å². The van der Waals surface area contributed by atoms with Gasteiger partial charge in [0, 0.05) is 13.0 Å². The lowest BCUT2D eigenvalue weighted by Gasteiger charge is -2.08. The zero-order valence-corrected chi connectivity index (χ0v) is 7.09. The summed E-state index contributed by atoms with van der Waals surface area (Å²) in [6.07, 6.45) is 2.19. The third-order valence-corrected chi connectivity index (χ3v) is 2.36. The van der Waals surface area contributed by atoms with Crippen LogP contribution in [0.3, 0.4) is 0 Å². The second-order valence-corrected chi connectivity index (χ2v) is 3.28. The molecule has 0 fully saturated rings. The smallest absolute Gasteiger partial charge is 0.0587 e. The number of fused-ring (bicyclic) bond motifs is 1. The number of benzene rings is 1. The minimum Gasteiger partial charge on any atom is -0.316 e. The average molecular weight is 162 g/mol. The predicted molar refractivity (Wildman–Crippen MR) is 49.8 cm³/mol. The molecule has 0 saturated carbocycles. The molecule has 0 amide bonds. The predicted octanol–water partition coefficient (Wildman–Crippen LogP) is 0.660. The van der Waals surface area contributed by atoms with Gasteiger partial charge in [-0.25, -0.2) is 0 Å². The van der Waals surface area contributed by atoms with Crippen molar-refractivity contribution in [3.63, 3.8) is 0 Å². The lowest BCUT2D eigenvalue weighted by atomic mass is 10.0. The highest BCUT2D eigenvalue weighted by molar-refractivity contribution is 5.29. The number of hydrogen-bond donors (Lipinski definition) is 2. The van der Waals surface area contributed by atoms with Crippen LogP contribution in [0.25, 0.3) is 0 Å². The van der Waals surface area contributed by atoms with Crippen LogP contribution in [-0.4, -0.2) is 12.7 Å². The van der Waals surface area contributed by atoms with E-state index in [0.717, 1.165) is 19.4 Å². The molecule has 0 aliphatic carbocycles. The third-order valence-electron chi connectivity index (χ3n) is 2.36. The fourth-order valence-electron chi connectivity index (χ4n) is 1.70. The van der Waals surface area contributed by atoms with E-state index in [1.807, 2.05) is 0 Å². The fourth-order valence-corrected chi connectivity index (χ4v) is 1.70. The second-order valence-electron chi connectivity index (χ2n) is 3.28. The molecule has 64 valence electrons. The number of hydrogen-bond acceptors (Lipinski definition) is 2. The Balaban J connectivity index is 2.31. The van der Waals surface area contributed by atoms with Crippen molar-refractivity contribution in [3.05, 3.63) is 35.4 Å². The van der Waals surface area contributed by atoms with Crippen molar-refractivity contribution >= 4 is 0 Å². The van der Waals surface area contributed by atoms with Gasteiger partial charge in [0.1, 0.15) is 0 Å². The normalized spacial score (nSPS) is 22.9. The van der Waals surface area contributed by atoms with Crippen molar-refractivity contribution in [2.24, 2.45) is 5.73 Å². The monoisotopic (exact) mass is 162 g/mol. The summed E-state index contributed by atoms with van der Waals surface area (Å²) in [6, 6.07) is 8.53. The highest BCUT2D eigenvalue weighted by Gasteiger charge is 2.10. The zero-order chi connectivity index (χ0) is 8.39. The van der Waals surface area contributed by atoms with Crippen molar-refractivity contribution in [2.45, 2.75) is 19.0 Å². The molecular weight excluding hydrogens is 148 g/mol. The van der Waals surface area contributed by atoms with E-state index in [4.69, 9.17) is 5.73 Å².